The smallest absolute Gasteiger partial charge is 0.223 e. The number of carbonyl (C=O) groups excluding carboxylic acids is 1. The van der Waals surface area contributed by atoms with Crippen molar-refractivity contribution in [1.29, 1.82) is 0 Å². The Bertz CT molecular complexity index is 493. The summed E-state index contributed by atoms with van der Waals surface area (Å²) in [4.78, 5) is 12.5. The quantitative estimate of drug-likeness (QED) is 0.886. The third-order valence-electron chi connectivity index (χ3n) is 5.44. The first-order valence-electron chi connectivity index (χ1n) is 7.68. The van der Waals surface area contributed by atoms with Crippen molar-refractivity contribution in [2.75, 3.05) is 0 Å². The van der Waals surface area contributed by atoms with Crippen LogP contribution in [0, 0.1) is 17.8 Å². The van der Waals surface area contributed by atoms with Crippen molar-refractivity contribution >= 4 is 5.91 Å². The first-order chi connectivity index (χ1) is 9.31. The van der Waals surface area contributed by atoms with E-state index >= 15 is 0 Å². The summed E-state index contributed by atoms with van der Waals surface area (Å²) in [5, 5.41) is 3.29. The van der Waals surface area contributed by atoms with Crippen molar-refractivity contribution in [1.82, 2.24) is 5.32 Å². The van der Waals surface area contributed by atoms with E-state index in [9.17, 15) is 4.79 Å². The van der Waals surface area contributed by atoms with Crippen LogP contribution in [-0.4, -0.2) is 5.91 Å². The van der Waals surface area contributed by atoms with Crippen LogP contribution in [0.15, 0.2) is 16.7 Å². The van der Waals surface area contributed by atoms with Gasteiger partial charge in [-0.25, -0.2) is 0 Å². The molecule has 1 heterocycles. The number of amides is 1. The Labute approximate surface area is 113 Å². The van der Waals surface area contributed by atoms with Gasteiger partial charge in [-0.3, -0.25) is 4.79 Å². The molecule has 19 heavy (non-hydrogen) atoms. The predicted molar refractivity (Wildman–Crippen MR) is 71.5 cm³/mol. The van der Waals surface area contributed by atoms with Gasteiger partial charge in [0.05, 0.1) is 12.3 Å². The second-order valence-corrected chi connectivity index (χ2v) is 6.53. The van der Waals surface area contributed by atoms with Crippen molar-refractivity contribution in [2.45, 2.75) is 51.0 Å². The number of furan rings is 1. The maximum atomic E-state index is 12.5. The first-order valence-corrected chi connectivity index (χ1v) is 7.68. The molecule has 0 saturated heterocycles. The number of rotatable bonds is 2. The van der Waals surface area contributed by atoms with E-state index < -0.39 is 0 Å². The number of hydrogen-bond acceptors (Lipinski definition) is 2. The van der Waals surface area contributed by atoms with Crippen molar-refractivity contribution in [2.24, 2.45) is 17.8 Å². The molecule has 102 valence electrons. The van der Waals surface area contributed by atoms with Crippen LogP contribution < -0.4 is 5.32 Å². The molecule has 3 nitrogen and oxygen atoms in total. The molecule has 0 aliphatic heterocycles. The molecule has 0 unspecified atom stereocenters. The zero-order valence-electron chi connectivity index (χ0n) is 11.2. The van der Waals surface area contributed by atoms with Crippen LogP contribution >= 0.6 is 0 Å². The van der Waals surface area contributed by atoms with Crippen LogP contribution in [0.3, 0.4) is 0 Å². The summed E-state index contributed by atoms with van der Waals surface area (Å²) in [5.41, 5.74) is 1.21. The first kappa shape index (κ1) is 11.6. The summed E-state index contributed by atoms with van der Waals surface area (Å²) in [6.45, 7) is 0. The number of nitrogens with one attached hydrogen (secondary N) is 1. The van der Waals surface area contributed by atoms with E-state index in [-0.39, 0.29) is 12.0 Å². The lowest BCUT2D eigenvalue weighted by Crippen LogP contribution is -2.37. The zero-order chi connectivity index (χ0) is 12.8. The molecule has 0 spiro atoms. The zero-order valence-corrected chi connectivity index (χ0v) is 11.2. The Hall–Kier alpha value is -1.25. The van der Waals surface area contributed by atoms with E-state index in [1.54, 1.807) is 6.26 Å². The summed E-state index contributed by atoms with van der Waals surface area (Å²) >= 11 is 0. The molecular formula is C16H21NO2. The SMILES string of the molecule is O=C(N[C@H]1CCCc2occc21)[C@@H]1C[C@H]2CC[C@H]1C2. The number of fused-ring (bicyclic) bond motifs is 3. The maximum absolute atomic E-state index is 12.5. The van der Waals surface area contributed by atoms with Crippen LogP contribution in [0.2, 0.25) is 0 Å². The third kappa shape index (κ3) is 1.90. The van der Waals surface area contributed by atoms with Gasteiger partial charge in [-0.05, 0) is 50.0 Å². The van der Waals surface area contributed by atoms with Crippen LogP contribution in [0.25, 0.3) is 0 Å². The fourth-order valence-electron chi connectivity index (χ4n) is 4.48. The Morgan fingerprint density at radius 1 is 1.26 bits per heavy atom. The van der Waals surface area contributed by atoms with Gasteiger partial charge in [0.2, 0.25) is 5.91 Å². The lowest BCUT2D eigenvalue weighted by Gasteiger charge is -2.27. The molecule has 1 N–H and O–H groups in total. The second-order valence-electron chi connectivity index (χ2n) is 6.53. The van der Waals surface area contributed by atoms with Crippen molar-refractivity contribution in [3.63, 3.8) is 0 Å². The molecule has 4 rings (SSSR count). The normalized spacial score (nSPS) is 36.2. The second kappa shape index (κ2) is 4.39. The Balaban J connectivity index is 1.46. The molecule has 1 aromatic heterocycles. The molecule has 1 amide bonds. The van der Waals surface area contributed by atoms with E-state index in [4.69, 9.17) is 4.42 Å². The summed E-state index contributed by atoms with van der Waals surface area (Å²) in [5.74, 6) is 3.15. The summed E-state index contributed by atoms with van der Waals surface area (Å²) in [6.07, 6.45) is 9.98. The topological polar surface area (TPSA) is 42.2 Å². The van der Waals surface area contributed by atoms with E-state index in [0.29, 0.717) is 11.8 Å². The Kier molecular flexibility index (Phi) is 2.68. The fourth-order valence-corrected chi connectivity index (χ4v) is 4.48. The number of hydrogen-bond donors (Lipinski definition) is 1. The van der Waals surface area contributed by atoms with E-state index in [1.807, 2.05) is 6.07 Å². The molecule has 2 fully saturated rings. The lowest BCUT2D eigenvalue weighted by molar-refractivity contribution is -0.127. The van der Waals surface area contributed by atoms with Crippen LogP contribution in [0.4, 0.5) is 0 Å². The average molecular weight is 259 g/mol. The number of aryl methyl sites for hydroxylation is 1. The fraction of sp³-hybridized carbons (Fsp3) is 0.688. The third-order valence-corrected chi connectivity index (χ3v) is 5.44. The molecule has 2 saturated carbocycles. The highest BCUT2D eigenvalue weighted by molar-refractivity contribution is 5.80. The van der Waals surface area contributed by atoms with Crippen LogP contribution in [0.1, 0.15) is 55.9 Å². The predicted octanol–water partition coefficient (Wildman–Crippen LogP) is 3.21. The molecule has 0 radical (unpaired) electrons. The number of carbonyl (C=O) groups is 1. The van der Waals surface area contributed by atoms with Crippen LogP contribution in [-0.2, 0) is 11.2 Å². The summed E-state index contributed by atoms with van der Waals surface area (Å²) in [6, 6.07) is 2.22. The largest absolute Gasteiger partial charge is 0.469 e. The molecule has 3 heteroatoms. The molecule has 3 aliphatic rings. The standard InChI is InChI=1S/C16H21NO2/c18-16(13-9-10-4-5-11(13)8-10)17-14-2-1-3-15-12(14)6-7-19-15/h6-7,10-11,13-14H,1-5,8-9H2,(H,17,18)/t10-,11-,13+,14-/m0/s1. The van der Waals surface area contributed by atoms with E-state index in [0.717, 1.165) is 37.4 Å². The Morgan fingerprint density at radius 3 is 3.00 bits per heavy atom. The highest BCUT2D eigenvalue weighted by Crippen LogP contribution is 2.48. The highest BCUT2D eigenvalue weighted by atomic mass is 16.3. The van der Waals surface area contributed by atoms with Crippen LogP contribution in [0.5, 0.6) is 0 Å². The van der Waals surface area contributed by atoms with Gasteiger partial charge in [0, 0.05) is 17.9 Å². The van der Waals surface area contributed by atoms with Crippen molar-refractivity contribution in [3.8, 4) is 0 Å². The Morgan fingerprint density at radius 2 is 2.21 bits per heavy atom. The molecule has 2 bridgehead atoms. The average Bonchev–Trinajstić information content (AvgIpc) is 3.14. The van der Waals surface area contributed by atoms with Gasteiger partial charge in [-0.2, -0.15) is 0 Å². The molecule has 4 atom stereocenters. The van der Waals surface area contributed by atoms with Gasteiger partial charge >= 0.3 is 0 Å². The molecular weight excluding hydrogens is 238 g/mol. The highest BCUT2D eigenvalue weighted by Gasteiger charge is 2.43. The summed E-state index contributed by atoms with van der Waals surface area (Å²) in [7, 11) is 0. The van der Waals surface area contributed by atoms with Crippen molar-refractivity contribution < 1.29 is 9.21 Å². The maximum Gasteiger partial charge on any atom is 0.223 e. The van der Waals surface area contributed by atoms with E-state index in [2.05, 4.69) is 5.32 Å². The minimum Gasteiger partial charge on any atom is -0.469 e. The van der Waals surface area contributed by atoms with Gasteiger partial charge in [-0.1, -0.05) is 6.42 Å². The van der Waals surface area contributed by atoms with Crippen molar-refractivity contribution in [3.05, 3.63) is 23.7 Å². The molecule has 3 aliphatic carbocycles. The van der Waals surface area contributed by atoms with Gasteiger partial charge in [0.1, 0.15) is 5.76 Å². The van der Waals surface area contributed by atoms with E-state index in [1.165, 1.54) is 24.8 Å². The monoisotopic (exact) mass is 259 g/mol. The molecule has 1 aromatic rings. The molecule has 0 aromatic carbocycles. The summed E-state index contributed by atoms with van der Waals surface area (Å²) < 4.78 is 5.49. The van der Waals surface area contributed by atoms with Gasteiger partial charge in [0.15, 0.2) is 0 Å². The lowest BCUT2D eigenvalue weighted by atomic mass is 9.87. The van der Waals surface area contributed by atoms with Gasteiger partial charge < -0.3 is 9.73 Å². The van der Waals surface area contributed by atoms with Gasteiger partial charge in [0.25, 0.3) is 0 Å². The van der Waals surface area contributed by atoms with Gasteiger partial charge in [-0.15, -0.1) is 0 Å². The minimum absolute atomic E-state index is 0.189. The minimum atomic E-state index is 0.189.